The number of nitrogens with zero attached hydrogens (tertiary/aromatic N) is 2. The van der Waals surface area contributed by atoms with Crippen molar-refractivity contribution in [1.29, 1.82) is 0 Å². The van der Waals surface area contributed by atoms with E-state index in [2.05, 4.69) is 5.32 Å². The molecular weight excluding hydrogens is 618 g/mol. The van der Waals surface area contributed by atoms with Crippen molar-refractivity contribution in [2.45, 2.75) is 64.4 Å². The highest BCUT2D eigenvalue weighted by Crippen LogP contribution is 2.51. The Bertz CT molecular complexity index is 1550. The number of amides is 3. The van der Waals surface area contributed by atoms with Gasteiger partial charge in [-0.05, 0) is 55.5 Å². The number of hydrogen-bond donors (Lipinski definition) is 1. The van der Waals surface area contributed by atoms with Crippen molar-refractivity contribution in [3.05, 3.63) is 71.4 Å². The van der Waals surface area contributed by atoms with Gasteiger partial charge in [-0.15, -0.1) is 0 Å². The summed E-state index contributed by atoms with van der Waals surface area (Å²) in [5.41, 5.74) is 0.928. The molecule has 2 saturated heterocycles. The van der Waals surface area contributed by atoms with Crippen LogP contribution in [-0.4, -0.2) is 85.8 Å². The first-order valence-electron chi connectivity index (χ1n) is 16.6. The van der Waals surface area contributed by atoms with Crippen molar-refractivity contribution in [2.75, 3.05) is 40.1 Å². The second-order valence-electron chi connectivity index (χ2n) is 12.7. The summed E-state index contributed by atoms with van der Waals surface area (Å²) in [7, 11) is 1.32. The van der Waals surface area contributed by atoms with E-state index >= 15 is 0 Å². The molecule has 0 spiro atoms. The molecule has 4 aliphatic heterocycles. The Morgan fingerprint density at radius 3 is 2.65 bits per heavy atom. The molecule has 1 N–H and O–H groups in total. The summed E-state index contributed by atoms with van der Waals surface area (Å²) in [6, 6.07) is 15.2. The highest BCUT2D eigenvalue weighted by atomic mass is 16.7. The summed E-state index contributed by atoms with van der Waals surface area (Å²) in [4.78, 5) is 56.7. The highest BCUT2D eigenvalue weighted by molar-refractivity contribution is 5.92. The molecule has 48 heavy (non-hydrogen) atoms. The summed E-state index contributed by atoms with van der Waals surface area (Å²) >= 11 is 0. The lowest BCUT2D eigenvalue weighted by atomic mass is 9.66. The molecule has 0 aromatic heterocycles. The summed E-state index contributed by atoms with van der Waals surface area (Å²) in [5.74, 6) is -0.582. The molecule has 2 aromatic rings. The Balaban J connectivity index is 1.23. The molecule has 2 aromatic carbocycles. The number of piperidine rings is 1. The number of carbonyl (C=O) groups is 4. The highest BCUT2D eigenvalue weighted by Gasteiger charge is 2.59. The molecule has 6 rings (SSSR count). The van der Waals surface area contributed by atoms with Crippen LogP contribution in [0.2, 0.25) is 0 Å². The largest absolute Gasteiger partial charge is 0.468 e. The van der Waals surface area contributed by atoms with Crippen LogP contribution in [0.15, 0.2) is 60.3 Å². The number of fused-ring (bicyclic) bond motifs is 2. The molecule has 12 heteroatoms. The van der Waals surface area contributed by atoms with Crippen LogP contribution in [0.1, 0.15) is 50.2 Å². The van der Waals surface area contributed by atoms with Crippen LogP contribution >= 0.6 is 0 Å². The lowest BCUT2D eigenvalue weighted by molar-refractivity contribution is -0.178. The zero-order chi connectivity index (χ0) is 33.7. The molecule has 12 nitrogen and oxygen atoms in total. The van der Waals surface area contributed by atoms with Gasteiger partial charge in [0.2, 0.25) is 24.5 Å². The number of methoxy groups -OCH3 is 1. The number of hydrogen-bond acceptors (Lipinski definition) is 9. The van der Waals surface area contributed by atoms with E-state index in [-0.39, 0.29) is 50.5 Å². The smallest absolute Gasteiger partial charge is 0.320 e. The number of likely N-dealkylation sites (tertiary alicyclic amines) is 2. The third kappa shape index (κ3) is 7.05. The standard InChI is InChI=1S/C36H43N3O9/c1-24-36(35(43)44-2)19-27(17-32(40)37-13-7-15-38-14-6-10-33(38)41)34(42)39(20-26-11-12-29-30(16-26)47-23-46-29)31(36)18-28(48-24)22-45-21-25-8-4-3-5-9-25/h3-5,8-9,11-12,16,18,24,27-28H,6-7,10,13-15,17,19-23H2,1-2H3,(H,37,40)/t24-,27+,28-,36+/m1/s1. The molecule has 0 unspecified atom stereocenters. The number of rotatable bonds is 13. The molecule has 0 bridgehead atoms. The lowest BCUT2D eigenvalue weighted by Crippen LogP contribution is -2.60. The first kappa shape index (κ1) is 33.5. The van der Waals surface area contributed by atoms with Gasteiger partial charge in [0, 0.05) is 44.1 Å². The number of ether oxygens (including phenoxy) is 5. The molecule has 4 heterocycles. The van der Waals surface area contributed by atoms with Gasteiger partial charge < -0.3 is 38.8 Å². The van der Waals surface area contributed by atoms with E-state index in [0.29, 0.717) is 49.7 Å². The minimum Gasteiger partial charge on any atom is -0.468 e. The van der Waals surface area contributed by atoms with Gasteiger partial charge in [-0.2, -0.15) is 0 Å². The van der Waals surface area contributed by atoms with E-state index in [4.69, 9.17) is 23.7 Å². The SMILES string of the molecule is COC(=O)[C@]12C[C@H](CC(=O)NCCCN3CCCC3=O)C(=O)N(Cc3ccc4c(c3)OCO4)C1=C[C@H](COCc1ccccc1)O[C@@H]2C. The second kappa shape index (κ2) is 14.8. The van der Waals surface area contributed by atoms with Gasteiger partial charge in [0.15, 0.2) is 11.5 Å². The predicted molar refractivity (Wildman–Crippen MR) is 172 cm³/mol. The molecule has 0 saturated carbocycles. The van der Waals surface area contributed by atoms with Crippen LogP contribution in [0.5, 0.6) is 11.5 Å². The maximum atomic E-state index is 14.3. The second-order valence-corrected chi connectivity index (χ2v) is 12.7. The first-order chi connectivity index (χ1) is 23.3. The van der Waals surface area contributed by atoms with E-state index in [1.165, 1.54) is 7.11 Å². The molecule has 3 amide bonds. The van der Waals surface area contributed by atoms with Gasteiger partial charge in [0.1, 0.15) is 11.5 Å². The number of nitrogens with one attached hydrogen (secondary N) is 1. The van der Waals surface area contributed by atoms with Crippen LogP contribution in [-0.2, 0) is 46.5 Å². The van der Waals surface area contributed by atoms with E-state index in [1.807, 2.05) is 47.4 Å². The van der Waals surface area contributed by atoms with Crippen molar-refractivity contribution in [2.24, 2.45) is 11.3 Å². The number of carbonyl (C=O) groups excluding carboxylic acids is 4. The Morgan fingerprint density at radius 2 is 1.88 bits per heavy atom. The summed E-state index contributed by atoms with van der Waals surface area (Å²) in [5, 5.41) is 2.91. The summed E-state index contributed by atoms with van der Waals surface area (Å²) < 4.78 is 28.8. The first-order valence-corrected chi connectivity index (χ1v) is 16.6. The Kier molecular flexibility index (Phi) is 10.3. The maximum Gasteiger partial charge on any atom is 0.320 e. The van der Waals surface area contributed by atoms with Gasteiger partial charge >= 0.3 is 5.97 Å². The Hall–Kier alpha value is -4.42. The van der Waals surface area contributed by atoms with E-state index in [9.17, 15) is 19.2 Å². The fourth-order valence-corrected chi connectivity index (χ4v) is 7.14. The van der Waals surface area contributed by atoms with E-state index < -0.39 is 29.5 Å². The van der Waals surface area contributed by atoms with Crippen LogP contribution in [0.4, 0.5) is 0 Å². The van der Waals surface area contributed by atoms with Crippen LogP contribution in [0.3, 0.4) is 0 Å². The van der Waals surface area contributed by atoms with Gasteiger partial charge in [0.05, 0.1) is 33.0 Å². The van der Waals surface area contributed by atoms with Crippen LogP contribution in [0.25, 0.3) is 0 Å². The molecule has 4 aliphatic rings. The van der Waals surface area contributed by atoms with Crippen molar-refractivity contribution in [1.82, 2.24) is 15.1 Å². The number of benzene rings is 2. The normalized spacial score (nSPS) is 24.7. The molecule has 2 fully saturated rings. The minimum absolute atomic E-state index is 0.0520. The summed E-state index contributed by atoms with van der Waals surface area (Å²) in [6.45, 7) is 4.34. The van der Waals surface area contributed by atoms with E-state index in [1.54, 1.807) is 24.0 Å². The Labute approximate surface area is 280 Å². The lowest BCUT2D eigenvalue weighted by Gasteiger charge is -2.51. The zero-order valence-corrected chi connectivity index (χ0v) is 27.5. The summed E-state index contributed by atoms with van der Waals surface area (Å²) in [6.07, 6.45) is 2.56. The molecule has 0 aliphatic carbocycles. The quantitative estimate of drug-likeness (QED) is 0.254. The van der Waals surface area contributed by atoms with E-state index in [0.717, 1.165) is 24.1 Å². The molecule has 256 valence electrons. The monoisotopic (exact) mass is 661 g/mol. The fraction of sp³-hybridized carbons (Fsp3) is 0.500. The zero-order valence-electron chi connectivity index (χ0n) is 27.5. The predicted octanol–water partition coefficient (Wildman–Crippen LogP) is 3.33. The average Bonchev–Trinajstić information content (AvgIpc) is 3.73. The third-order valence-corrected chi connectivity index (χ3v) is 9.60. The van der Waals surface area contributed by atoms with Crippen LogP contribution < -0.4 is 14.8 Å². The van der Waals surface area contributed by atoms with Gasteiger partial charge in [0.25, 0.3) is 0 Å². The maximum absolute atomic E-state index is 14.3. The topological polar surface area (TPSA) is 133 Å². The molecule has 4 atom stereocenters. The Morgan fingerprint density at radius 1 is 1.06 bits per heavy atom. The van der Waals surface area contributed by atoms with Crippen molar-refractivity contribution < 1.29 is 42.9 Å². The number of esters is 1. The minimum atomic E-state index is -1.34. The van der Waals surface area contributed by atoms with Gasteiger partial charge in [-0.25, -0.2) is 0 Å². The van der Waals surface area contributed by atoms with Gasteiger partial charge in [-0.3, -0.25) is 19.2 Å². The fourth-order valence-electron chi connectivity index (χ4n) is 7.14. The van der Waals surface area contributed by atoms with Gasteiger partial charge in [-0.1, -0.05) is 36.4 Å². The average molecular weight is 662 g/mol. The van der Waals surface area contributed by atoms with Crippen molar-refractivity contribution >= 4 is 23.7 Å². The molecular formula is C36H43N3O9. The van der Waals surface area contributed by atoms with Crippen LogP contribution in [0, 0.1) is 11.3 Å². The van der Waals surface area contributed by atoms with Crippen molar-refractivity contribution in [3.8, 4) is 11.5 Å². The third-order valence-electron chi connectivity index (χ3n) is 9.60. The van der Waals surface area contributed by atoms with Crippen molar-refractivity contribution in [3.63, 3.8) is 0 Å². The molecule has 0 radical (unpaired) electrons.